The van der Waals surface area contributed by atoms with Crippen LogP contribution in [-0.2, 0) is 34.6 Å². The predicted molar refractivity (Wildman–Crippen MR) is 218 cm³/mol. The van der Waals surface area contributed by atoms with Crippen LogP contribution in [0.15, 0.2) is 93.0 Å². The van der Waals surface area contributed by atoms with E-state index in [1.807, 2.05) is 65.2 Å². The van der Waals surface area contributed by atoms with Crippen LogP contribution in [0.2, 0.25) is 0 Å². The lowest BCUT2D eigenvalue weighted by atomic mass is 9.91. The van der Waals surface area contributed by atoms with Gasteiger partial charge in [0.2, 0.25) is 5.95 Å². The van der Waals surface area contributed by atoms with Crippen LogP contribution in [0.4, 0.5) is 16.4 Å². The highest BCUT2D eigenvalue weighted by Crippen LogP contribution is 2.56. The number of benzene rings is 3. The van der Waals surface area contributed by atoms with Gasteiger partial charge in [0.15, 0.2) is 5.82 Å². The molecule has 3 aromatic heterocycles. The van der Waals surface area contributed by atoms with Crippen LogP contribution in [0, 0.1) is 5.92 Å². The van der Waals surface area contributed by atoms with Crippen molar-refractivity contribution < 1.29 is 23.6 Å². The highest BCUT2D eigenvalue weighted by Gasteiger charge is 2.59. The lowest BCUT2D eigenvalue weighted by Crippen LogP contribution is -2.43. The van der Waals surface area contributed by atoms with Crippen molar-refractivity contribution in [3.63, 3.8) is 0 Å². The number of H-pyrrole nitrogens is 1. The number of rotatable bonds is 9. The van der Waals surface area contributed by atoms with Crippen molar-refractivity contribution in [2.45, 2.75) is 57.2 Å². The SMILES string of the molecule is COCc1cccc(-n2c(N3CCN(c4ccccc4)C3=O)nc3c(c2=O)CCN(C(=O)c2cc4cc(C5CCOCC5)ccc4n2[C@]2(c4noc(=O)[nH]4)C[C@@H]2C)C3)c1. The van der Waals surface area contributed by atoms with Crippen molar-refractivity contribution >= 4 is 34.5 Å². The Balaban J connectivity index is 1.06. The molecule has 0 spiro atoms. The number of para-hydroxylation sites is 1. The van der Waals surface area contributed by atoms with E-state index in [9.17, 15) is 14.4 Å². The van der Waals surface area contributed by atoms with Crippen LogP contribution >= 0.6 is 0 Å². The van der Waals surface area contributed by atoms with E-state index in [0.717, 1.165) is 35.0 Å². The lowest BCUT2D eigenvalue weighted by molar-refractivity contribution is 0.0717. The van der Waals surface area contributed by atoms with E-state index in [1.165, 1.54) is 10.1 Å². The molecule has 1 N–H and O–H groups in total. The molecule has 1 aliphatic carbocycles. The van der Waals surface area contributed by atoms with E-state index >= 15 is 4.79 Å². The molecule has 59 heavy (non-hydrogen) atoms. The zero-order valence-electron chi connectivity index (χ0n) is 32.9. The molecule has 10 rings (SSSR count). The number of carbonyl (C=O) groups is 2. The highest BCUT2D eigenvalue weighted by atomic mass is 16.5. The molecule has 2 atom stereocenters. The largest absolute Gasteiger partial charge is 0.438 e. The van der Waals surface area contributed by atoms with Gasteiger partial charge in [0, 0.05) is 62.1 Å². The molecule has 15 nitrogen and oxygen atoms in total. The van der Waals surface area contributed by atoms with Gasteiger partial charge in [0.25, 0.3) is 11.5 Å². The topological polar surface area (TPSA) is 161 Å². The minimum absolute atomic E-state index is 0.0428. The van der Waals surface area contributed by atoms with Crippen molar-refractivity contribution in [1.29, 1.82) is 0 Å². The summed E-state index contributed by atoms with van der Waals surface area (Å²) in [6.07, 6.45) is 2.76. The Kier molecular flexibility index (Phi) is 9.09. The number of hydrogen-bond acceptors (Lipinski definition) is 9. The van der Waals surface area contributed by atoms with E-state index in [4.69, 9.17) is 19.0 Å². The Labute approximate surface area is 338 Å². The number of nitrogens with one attached hydrogen (secondary N) is 1. The molecule has 3 fully saturated rings. The maximum Gasteiger partial charge on any atom is 0.438 e. The van der Waals surface area contributed by atoms with Gasteiger partial charge in [-0.15, -0.1) is 0 Å². The lowest BCUT2D eigenvalue weighted by Gasteiger charge is -2.31. The summed E-state index contributed by atoms with van der Waals surface area (Å²) in [6.45, 7) is 4.88. The van der Waals surface area contributed by atoms with Crippen molar-refractivity contribution in [3.05, 3.63) is 134 Å². The minimum Gasteiger partial charge on any atom is -0.381 e. The van der Waals surface area contributed by atoms with Crippen molar-refractivity contribution in [2.75, 3.05) is 49.8 Å². The van der Waals surface area contributed by atoms with E-state index in [1.54, 1.807) is 21.8 Å². The van der Waals surface area contributed by atoms with Gasteiger partial charge in [-0.3, -0.25) is 28.9 Å². The molecule has 302 valence electrons. The van der Waals surface area contributed by atoms with Crippen LogP contribution in [0.1, 0.15) is 70.8 Å². The smallest absolute Gasteiger partial charge is 0.381 e. The standard InChI is InChI=1S/C44H44N8O7/c1-27-24-44(27,40-46-42(55)59-47-40)52-36-12-11-30(29-14-19-58-20-15-29)22-31(36)23-37(52)39(54)48-16-13-34-35(25-48)45-41(50-18-17-49(43(50)56)32-8-4-3-5-9-32)51(38(34)53)33-10-6-7-28(21-33)26-57-2/h3-12,21-23,27,29H,13-20,24-26H2,1-2H3,(H,46,47,55)/t27-,44+/m0/s1. The number of aromatic amines is 1. The molecule has 6 aromatic rings. The Hall–Kier alpha value is -6.32. The molecular weight excluding hydrogens is 753 g/mol. The average molecular weight is 797 g/mol. The van der Waals surface area contributed by atoms with E-state index in [2.05, 4.69) is 35.3 Å². The summed E-state index contributed by atoms with van der Waals surface area (Å²) in [5.74, 6) is 0.0664. The Morgan fingerprint density at radius 3 is 2.46 bits per heavy atom. The molecule has 4 aliphatic rings. The second-order valence-electron chi connectivity index (χ2n) is 16.0. The van der Waals surface area contributed by atoms with Gasteiger partial charge in [-0.25, -0.2) is 19.1 Å². The summed E-state index contributed by atoms with van der Waals surface area (Å²) in [4.78, 5) is 69.0. The first-order chi connectivity index (χ1) is 28.7. The number of methoxy groups -OCH3 is 1. The summed E-state index contributed by atoms with van der Waals surface area (Å²) in [7, 11) is 1.61. The molecular formula is C44H44N8O7. The Morgan fingerprint density at radius 1 is 0.932 bits per heavy atom. The third kappa shape index (κ3) is 6.18. The number of fused-ring (bicyclic) bond motifs is 2. The fourth-order valence-corrected chi connectivity index (χ4v) is 9.43. The molecule has 0 radical (unpaired) electrons. The number of nitrogens with zero attached hydrogens (tertiary/aromatic N) is 7. The third-order valence-electron chi connectivity index (χ3n) is 12.6. The first kappa shape index (κ1) is 37.0. The molecule has 3 aromatic carbocycles. The Bertz CT molecular complexity index is 2730. The number of anilines is 2. The predicted octanol–water partition coefficient (Wildman–Crippen LogP) is 5.33. The van der Waals surface area contributed by atoms with Crippen LogP contribution in [-0.4, -0.2) is 81.1 Å². The van der Waals surface area contributed by atoms with Gasteiger partial charge in [-0.05, 0) is 91.1 Å². The second kappa shape index (κ2) is 14.5. The monoisotopic (exact) mass is 796 g/mol. The first-order valence-corrected chi connectivity index (χ1v) is 20.2. The molecule has 3 aliphatic heterocycles. The van der Waals surface area contributed by atoms with Gasteiger partial charge < -0.3 is 18.9 Å². The highest BCUT2D eigenvalue weighted by molar-refractivity contribution is 6.05. The van der Waals surface area contributed by atoms with Crippen molar-refractivity contribution in [2.24, 2.45) is 5.92 Å². The van der Waals surface area contributed by atoms with Gasteiger partial charge in [-0.1, -0.05) is 48.5 Å². The summed E-state index contributed by atoms with van der Waals surface area (Å²) in [5.41, 5.74) is 4.52. The maximum absolute atomic E-state index is 15.0. The quantitative estimate of drug-likeness (QED) is 0.204. The third-order valence-corrected chi connectivity index (χ3v) is 12.6. The molecule has 0 bridgehead atoms. The summed E-state index contributed by atoms with van der Waals surface area (Å²) >= 11 is 0. The summed E-state index contributed by atoms with van der Waals surface area (Å²) < 4.78 is 19.6. The molecule has 2 saturated heterocycles. The van der Waals surface area contributed by atoms with Gasteiger partial charge in [0.1, 0.15) is 11.2 Å². The number of ether oxygens (including phenoxy) is 2. The van der Waals surface area contributed by atoms with Gasteiger partial charge in [-0.2, -0.15) is 0 Å². The molecule has 15 heteroatoms. The first-order valence-electron chi connectivity index (χ1n) is 20.2. The summed E-state index contributed by atoms with van der Waals surface area (Å²) in [5, 5.41) is 5.05. The van der Waals surface area contributed by atoms with Crippen LogP contribution < -0.4 is 21.1 Å². The fraction of sp³-hybridized carbons (Fsp3) is 0.364. The number of aromatic nitrogens is 5. The molecule has 0 unspecified atom stereocenters. The number of urea groups is 1. The van der Waals surface area contributed by atoms with Crippen LogP contribution in [0.5, 0.6) is 0 Å². The normalized spacial score (nSPS) is 20.7. The summed E-state index contributed by atoms with van der Waals surface area (Å²) in [6, 6.07) is 24.9. The molecule has 3 amide bonds. The maximum atomic E-state index is 15.0. The minimum atomic E-state index is -0.802. The zero-order valence-corrected chi connectivity index (χ0v) is 32.9. The number of carbonyl (C=O) groups excluding carboxylic acids is 2. The average Bonchev–Trinajstić information content (AvgIpc) is 3.58. The molecule has 1 saturated carbocycles. The zero-order chi connectivity index (χ0) is 40.4. The second-order valence-corrected chi connectivity index (χ2v) is 16.0. The Morgan fingerprint density at radius 2 is 1.71 bits per heavy atom. The fourth-order valence-electron chi connectivity index (χ4n) is 9.43. The van der Waals surface area contributed by atoms with E-state index in [-0.39, 0.29) is 48.9 Å². The van der Waals surface area contributed by atoms with E-state index < -0.39 is 11.3 Å². The number of hydrogen-bond donors (Lipinski definition) is 1. The van der Waals surface area contributed by atoms with Gasteiger partial charge in [0.05, 0.1) is 24.5 Å². The van der Waals surface area contributed by atoms with Gasteiger partial charge >= 0.3 is 11.8 Å². The van der Waals surface area contributed by atoms with Crippen LogP contribution in [0.3, 0.4) is 0 Å². The molecule has 6 heterocycles. The van der Waals surface area contributed by atoms with Crippen LogP contribution in [0.25, 0.3) is 16.6 Å². The number of amides is 3. The van der Waals surface area contributed by atoms with E-state index in [0.29, 0.717) is 73.7 Å². The van der Waals surface area contributed by atoms with Crippen molar-refractivity contribution in [1.82, 2.24) is 29.2 Å². The van der Waals surface area contributed by atoms with Crippen molar-refractivity contribution in [3.8, 4) is 5.69 Å².